The summed E-state index contributed by atoms with van der Waals surface area (Å²) in [4.78, 5) is 23.2. The first kappa shape index (κ1) is 16.9. The number of carbonyl (C=O) groups excluding carboxylic acids is 2. The molecule has 0 aliphatic carbocycles. The maximum atomic E-state index is 11.7. The van der Waals surface area contributed by atoms with Gasteiger partial charge in [-0.1, -0.05) is 27.2 Å². The van der Waals surface area contributed by atoms with Gasteiger partial charge in [0.25, 0.3) is 0 Å². The van der Waals surface area contributed by atoms with E-state index in [9.17, 15) is 14.7 Å². The van der Waals surface area contributed by atoms with Crippen molar-refractivity contribution < 1.29 is 24.2 Å². The Bertz CT molecular complexity index is 264. The van der Waals surface area contributed by atoms with E-state index in [-0.39, 0.29) is 19.4 Å². The molecule has 0 saturated heterocycles. The van der Waals surface area contributed by atoms with E-state index < -0.39 is 17.5 Å². The van der Waals surface area contributed by atoms with Gasteiger partial charge in [0.1, 0.15) is 0 Å². The van der Waals surface area contributed by atoms with Crippen LogP contribution < -0.4 is 0 Å². The van der Waals surface area contributed by atoms with Crippen LogP contribution in [0.2, 0.25) is 0 Å². The molecule has 0 aromatic carbocycles. The molecule has 0 aromatic rings. The average Bonchev–Trinajstić information content (AvgIpc) is 2.33. The van der Waals surface area contributed by atoms with Gasteiger partial charge in [-0.15, -0.1) is 0 Å². The summed E-state index contributed by atoms with van der Waals surface area (Å²) in [6.45, 7) is 6.11. The van der Waals surface area contributed by atoms with Crippen LogP contribution in [-0.4, -0.2) is 35.9 Å². The predicted octanol–water partition coefficient (Wildman–Crippen LogP) is 1.81. The molecule has 5 nitrogen and oxygen atoms in total. The van der Waals surface area contributed by atoms with E-state index in [4.69, 9.17) is 9.47 Å². The molecule has 0 aliphatic heterocycles. The van der Waals surface area contributed by atoms with Gasteiger partial charge in [0, 0.05) is 0 Å². The first-order valence-electron chi connectivity index (χ1n) is 6.55. The molecule has 1 N–H and O–H groups in total. The zero-order chi connectivity index (χ0) is 14.0. The van der Waals surface area contributed by atoms with E-state index in [1.165, 1.54) is 0 Å². The van der Waals surface area contributed by atoms with Gasteiger partial charge >= 0.3 is 11.9 Å². The number of hydrogen-bond acceptors (Lipinski definition) is 5. The highest BCUT2D eigenvalue weighted by atomic mass is 16.6. The first-order chi connectivity index (χ1) is 8.50. The molecule has 106 valence electrons. The van der Waals surface area contributed by atoms with Crippen LogP contribution in [0.5, 0.6) is 0 Å². The maximum Gasteiger partial charge on any atom is 0.338 e. The van der Waals surface area contributed by atoms with Crippen LogP contribution in [0.4, 0.5) is 0 Å². The molecular formula is C13H24O5. The molecule has 0 radical (unpaired) electrons. The number of carbonyl (C=O) groups is 2. The fourth-order valence-electron chi connectivity index (χ4n) is 1.51. The minimum atomic E-state index is -1.76. The zero-order valence-electron chi connectivity index (χ0n) is 11.5. The number of esters is 2. The summed E-state index contributed by atoms with van der Waals surface area (Å²) < 4.78 is 9.80. The van der Waals surface area contributed by atoms with Crippen molar-refractivity contribution in [1.29, 1.82) is 0 Å². The number of hydrogen-bond donors (Lipinski definition) is 1. The molecule has 0 saturated carbocycles. The lowest BCUT2D eigenvalue weighted by atomic mass is 9.94. The van der Waals surface area contributed by atoms with Crippen molar-refractivity contribution >= 4 is 11.9 Å². The quantitative estimate of drug-likeness (QED) is 0.640. The van der Waals surface area contributed by atoms with E-state index in [0.29, 0.717) is 25.9 Å². The summed E-state index contributed by atoms with van der Waals surface area (Å²) in [6, 6.07) is 0. The summed E-state index contributed by atoms with van der Waals surface area (Å²) in [5.74, 6) is -1.30. The van der Waals surface area contributed by atoms with E-state index in [2.05, 4.69) is 0 Å². The van der Waals surface area contributed by atoms with Crippen molar-refractivity contribution in [3.05, 3.63) is 0 Å². The van der Waals surface area contributed by atoms with Crippen LogP contribution in [0, 0.1) is 0 Å². The highest BCUT2D eigenvalue weighted by Gasteiger charge is 2.39. The average molecular weight is 260 g/mol. The Morgan fingerprint density at radius 1 is 1.00 bits per heavy atom. The number of ether oxygens (including phenoxy) is 2. The minimum absolute atomic E-state index is 0.191. The van der Waals surface area contributed by atoms with Crippen LogP contribution in [-0.2, 0) is 19.1 Å². The first-order valence-corrected chi connectivity index (χ1v) is 6.55. The third-order valence-electron chi connectivity index (χ3n) is 2.38. The van der Waals surface area contributed by atoms with Crippen molar-refractivity contribution in [2.24, 2.45) is 0 Å². The molecule has 18 heavy (non-hydrogen) atoms. The van der Waals surface area contributed by atoms with Gasteiger partial charge in [0.2, 0.25) is 0 Å². The fraction of sp³-hybridized carbons (Fsp3) is 0.846. The molecule has 0 aromatic heterocycles. The largest absolute Gasteiger partial charge is 0.466 e. The zero-order valence-corrected chi connectivity index (χ0v) is 11.5. The molecule has 0 fully saturated rings. The second kappa shape index (κ2) is 8.91. The summed E-state index contributed by atoms with van der Waals surface area (Å²) in [6.07, 6.45) is 1.81. The van der Waals surface area contributed by atoms with Crippen molar-refractivity contribution in [2.75, 3.05) is 13.2 Å². The van der Waals surface area contributed by atoms with Crippen LogP contribution in [0.25, 0.3) is 0 Å². The second-order valence-electron chi connectivity index (χ2n) is 4.31. The molecular weight excluding hydrogens is 236 g/mol. The van der Waals surface area contributed by atoms with E-state index in [1.807, 2.05) is 20.8 Å². The van der Waals surface area contributed by atoms with Gasteiger partial charge in [-0.25, -0.2) is 4.79 Å². The van der Waals surface area contributed by atoms with Crippen molar-refractivity contribution in [2.45, 2.75) is 58.5 Å². The molecule has 0 bridgehead atoms. The predicted molar refractivity (Wildman–Crippen MR) is 67.0 cm³/mol. The summed E-state index contributed by atoms with van der Waals surface area (Å²) in [5.41, 5.74) is -1.76. The molecule has 0 amide bonds. The van der Waals surface area contributed by atoms with Crippen LogP contribution in [0.3, 0.4) is 0 Å². The van der Waals surface area contributed by atoms with Crippen LogP contribution in [0.1, 0.15) is 52.9 Å². The van der Waals surface area contributed by atoms with Gasteiger partial charge in [-0.05, 0) is 19.3 Å². The van der Waals surface area contributed by atoms with Gasteiger partial charge in [-0.3, -0.25) is 4.79 Å². The SMILES string of the molecule is CCCOC(=O)CC(O)(CCC)C(=O)OCCC. The molecule has 0 aliphatic rings. The molecule has 1 unspecified atom stereocenters. The lowest BCUT2D eigenvalue weighted by Crippen LogP contribution is -2.42. The van der Waals surface area contributed by atoms with Crippen molar-refractivity contribution in [1.82, 2.24) is 0 Å². The Balaban J connectivity index is 4.49. The van der Waals surface area contributed by atoms with Crippen LogP contribution in [0.15, 0.2) is 0 Å². The summed E-state index contributed by atoms with van der Waals surface area (Å²) in [7, 11) is 0. The number of rotatable bonds is 9. The van der Waals surface area contributed by atoms with Gasteiger partial charge in [0.15, 0.2) is 5.60 Å². The highest BCUT2D eigenvalue weighted by Crippen LogP contribution is 2.20. The summed E-state index contributed by atoms with van der Waals surface area (Å²) in [5, 5.41) is 10.2. The second-order valence-corrected chi connectivity index (χ2v) is 4.31. The van der Waals surface area contributed by atoms with Gasteiger partial charge in [-0.2, -0.15) is 0 Å². The summed E-state index contributed by atoms with van der Waals surface area (Å²) >= 11 is 0. The Morgan fingerprint density at radius 3 is 2.06 bits per heavy atom. The van der Waals surface area contributed by atoms with E-state index in [1.54, 1.807) is 0 Å². The Kier molecular flexibility index (Phi) is 8.37. The molecule has 5 heteroatoms. The molecule has 0 spiro atoms. The number of aliphatic hydroxyl groups is 1. The van der Waals surface area contributed by atoms with Crippen LogP contribution >= 0.6 is 0 Å². The van der Waals surface area contributed by atoms with Crippen molar-refractivity contribution in [3.63, 3.8) is 0 Å². The molecule has 0 rings (SSSR count). The normalized spacial score (nSPS) is 13.8. The Morgan fingerprint density at radius 2 is 1.56 bits per heavy atom. The van der Waals surface area contributed by atoms with Gasteiger partial charge in [0.05, 0.1) is 19.6 Å². The Hall–Kier alpha value is -1.10. The Labute approximate surface area is 108 Å². The van der Waals surface area contributed by atoms with E-state index >= 15 is 0 Å². The third kappa shape index (κ3) is 6.00. The van der Waals surface area contributed by atoms with E-state index in [0.717, 1.165) is 0 Å². The lowest BCUT2D eigenvalue weighted by Gasteiger charge is -2.24. The molecule has 1 atom stereocenters. The topological polar surface area (TPSA) is 72.8 Å². The monoisotopic (exact) mass is 260 g/mol. The standard InChI is InChI=1S/C13H24O5/c1-4-7-13(16,12(15)18-9-6-3)10-11(14)17-8-5-2/h16H,4-10H2,1-3H3. The smallest absolute Gasteiger partial charge is 0.338 e. The minimum Gasteiger partial charge on any atom is -0.466 e. The van der Waals surface area contributed by atoms with Gasteiger partial charge < -0.3 is 14.6 Å². The molecule has 0 heterocycles. The highest BCUT2D eigenvalue weighted by molar-refractivity contribution is 5.85. The lowest BCUT2D eigenvalue weighted by molar-refractivity contribution is -0.173. The maximum absolute atomic E-state index is 11.7. The third-order valence-corrected chi connectivity index (χ3v) is 2.38. The van der Waals surface area contributed by atoms with Crippen molar-refractivity contribution in [3.8, 4) is 0 Å². The fourth-order valence-corrected chi connectivity index (χ4v) is 1.51.